The van der Waals surface area contributed by atoms with Gasteiger partial charge in [-0.25, -0.2) is 4.98 Å². The van der Waals surface area contributed by atoms with Gasteiger partial charge in [-0.1, -0.05) is 31.5 Å². The topological polar surface area (TPSA) is 37.9 Å². The maximum atomic E-state index is 5.83. The lowest BCUT2D eigenvalue weighted by Crippen LogP contribution is -2.33. The van der Waals surface area contributed by atoms with Crippen LogP contribution in [-0.2, 0) is 21.8 Å². The van der Waals surface area contributed by atoms with Gasteiger partial charge in [0.15, 0.2) is 0 Å². The molecule has 1 fully saturated rings. The molecule has 0 radical (unpaired) electrons. The van der Waals surface area contributed by atoms with Gasteiger partial charge in [-0.15, -0.1) is 0 Å². The molecule has 2 heterocycles. The Morgan fingerprint density at radius 2 is 2.06 bits per heavy atom. The summed E-state index contributed by atoms with van der Waals surface area (Å²) >= 11 is 7.33. The van der Waals surface area contributed by atoms with Crippen LogP contribution in [0.3, 0.4) is 0 Å². The van der Waals surface area contributed by atoms with Crippen LogP contribution in [-0.4, -0.2) is 17.1 Å². The third-order valence-corrected chi connectivity index (χ3v) is 5.40. The monoisotopic (exact) mass is 282 g/mol. The molecule has 0 aromatic carbocycles. The molecule has 0 saturated heterocycles. The predicted molar refractivity (Wildman–Crippen MR) is 76.2 cm³/mol. The minimum absolute atomic E-state index is 0.228. The first-order valence-electron chi connectivity index (χ1n) is 6.51. The van der Waals surface area contributed by atoms with Crippen molar-refractivity contribution >= 4 is 24.0 Å². The van der Waals surface area contributed by atoms with Crippen molar-refractivity contribution < 1.29 is 4.74 Å². The number of aromatic nitrogens is 2. The first-order chi connectivity index (χ1) is 8.75. The Morgan fingerprint density at radius 3 is 2.78 bits per heavy atom. The second-order valence-corrected chi connectivity index (χ2v) is 6.47. The highest BCUT2D eigenvalue weighted by atomic mass is 32.2. The molecule has 1 aliphatic carbocycles. The zero-order valence-corrected chi connectivity index (χ0v) is 12.3. The van der Waals surface area contributed by atoms with Crippen molar-refractivity contribution in [1.29, 1.82) is 0 Å². The third kappa shape index (κ3) is 2.02. The Morgan fingerprint density at radius 1 is 1.28 bits per heavy atom. The zero-order chi connectivity index (χ0) is 12.6. The summed E-state index contributed by atoms with van der Waals surface area (Å²) in [6.07, 6.45) is 5.82. The van der Waals surface area contributed by atoms with E-state index in [-0.39, 0.29) is 5.60 Å². The van der Waals surface area contributed by atoms with Crippen LogP contribution in [0.4, 0.5) is 0 Å². The highest BCUT2D eigenvalue weighted by molar-refractivity contribution is 7.98. The molecule has 3 nitrogen and oxygen atoms in total. The van der Waals surface area contributed by atoms with E-state index in [0.29, 0.717) is 0 Å². The van der Waals surface area contributed by atoms with E-state index in [2.05, 4.69) is 9.97 Å². The summed E-state index contributed by atoms with van der Waals surface area (Å²) in [5.74, 6) is 2.97. The fourth-order valence-electron chi connectivity index (χ4n) is 2.95. The number of fused-ring (bicyclic) bond motifs is 1. The van der Waals surface area contributed by atoms with E-state index in [1.807, 2.05) is 11.8 Å². The fourth-order valence-corrected chi connectivity index (χ4v) is 4.39. The summed E-state index contributed by atoms with van der Waals surface area (Å²) in [4.78, 5) is 8.14. The van der Waals surface area contributed by atoms with Crippen molar-refractivity contribution in [1.82, 2.24) is 9.97 Å². The molecule has 0 bridgehead atoms. The van der Waals surface area contributed by atoms with E-state index < -0.39 is 0 Å². The van der Waals surface area contributed by atoms with Crippen molar-refractivity contribution in [3.63, 3.8) is 0 Å². The smallest absolute Gasteiger partial charge is 0.140 e. The molecule has 18 heavy (non-hydrogen) atoms. The lowest BCUT2D eigenvalue weighted by Gasteiger charge is -2.35. The van der Waals surface area contributed by atoms with Gasteiger partial charge in [0.1, 0.15) is 16.1 Å². The quantitative estimate of drug-likeness (QED) is 0.840. The van der Waals surface area contributed by atoms with Crippen molar-refractivity contribution in [2.75, 3.05) is 7.11 Å². The van der Waals surface area contributed by atoms with Gasteiger partial charge in [0, 0.05) is 29.9 Å². The molecule has 0 spiro atoms. The van der Waals surface area contributed by atoms with Gasteiger partial charge in [0.25, 0.3) is 0 Å². The average molecular weight is 282 g/mol. The summed E-state index contributed by atoms with van der Waals surface area (Å²) in [6, 6.07) is 0. The van der Waals surface area contributed by atoms with Crippen LogP contribution in [0, 0.1) is 4.64 Å². The highest BCUT2D eigenvalue weighted by Crippen LogP contribution is 2.39. The number of hydrogen-bond donors (Lipinski definition) is 1. The molecule has 3 rings (SSSR count). The molecule has 5 heteroatoms. The molecular weight excluding hydrogens is 264 g/mol. The van der Waals surface area contributed by atoms with Gasteiger partial charge < -0.3 is 9.72 Å². The maximum absolute atomic E-state index is 5.83. The number of methoxy groups -OCH3 is 1. The van der Waals surface area contributed by atoms with Crippen LogP contribution in [0.25, 0.3) is 0 Å². The number of ether oxygens (including phenoxy) is 1. The molecule has 2 aliphatic rings. The van der Waals surface area contributed by atoms with Gasteiger partial charge >= 0.3 is 0 Å². The van der Waals surface area contributed by atoms with Crippen LogP contribution in [0.15, 0.2) is 0 Å². The lowest BCUT2D eigenvalue weighted by molar-refractivity contribution is -0.0517. The van der Waals surface area contributed by atoms with Crippen molar-refractivity contribution in [3.05, 3.63) is 21.7 Å². The lowest BCUT2D eigenvalue weighted by atomic mass is 9.84. The minimum atomic E-state index is -0.228. The summed E-state index contributed by atoms with van der Waals surface area (Å²) in [7, 11) is 1.80. The summed E-state index contributed by atoms with van der Waals surface area (Å²) in [5.41, 5.74) is 2.26. The van der Waals surface area contributed by atoms with Gasteiger partial charge in [-0.3, -0.25) is 0 Å². The van der Waals surface area contributed by atoms with Crippen LogP contribution in [0.5, 0.6) is 0 Å². The van der Waals surface area contributed by atoms with E-state index in [0.717, 1.165) is 34.8 Å². The summed E-state index contributed by atoms with van der Waals surface area (Å²) in [5, 5.41) is 0. The van der Waals surface area contributed by atoms with Gasteiger partial charge in [-0.2, -0.15) is 11.8 Å². The van der Waals surface area contributed by atoms with Crippen LogP contribution >= 0.6 is 24.0 Å². The minimum Gasteiger partial charge on any atom is -0.370 e. The Bertz CT molecular complexity index is 506. The van der Waals surface area contributed by atoms with Crippen molar-refractivity contribution in [2.24, 2.45) is 0 Å². The molecule has 1 aromatic rings. The fraction of sp³-hybridized carbons (Fsp3) is 0.692. The number of rotatable bonds is 2. The Labute approximate surface area is 117 Å². The Kier molecular flexibility index (Phi) is 3.47. The second-order valence-electron chi connectivity index (χ2n) is 5.10. The number of nitrogens with zero attached hydrogens (tertiary/aromatic N) is 1. The third-order valence-electron chi connectivity index (χ3n) is 4.08. The maximum Gasteiger partial charge on any atom is 0.140 e. The normalized spacial score (nSPS) is 21.8. The SMILES string of the molecule is COC1(c2nc(=S)c3c([nH]2)CSC3)CCCCC1. The number of aromatic amines is 1. The molecular formula is C13H18N2OS2. The van der Waals surface area contributed by atoms with Gasteiger partial charge in [-0.05, 0) is 12.8 Å². The molecule has 1 N–H and O–H groups in total. The van der Waals surface area contributed by atoms with E-state index in [1.165, 1.54) is 30.5 Å². The molecule has 0 amide bonds. The summed E-state index contributed by atoms with van der Waals surface area (Å²) in [6.45, 7) is 0. The van der Waals surface area contributed by atoms with Crippen LogP contribution in [0.2, 0.25) is 0 Å². The molecule has 1 aliphatic heterocycles. The van der Waals surface area contributed by atoms with Gasteiger partial charge in [0.2, 0.25) is 0 Å². The largest absolute Gasteiger partial charge is 0.370 e. The Balaban J connectivity index is 2.05. The molecule has 1 aromatic heterocycles. The zero-order valence-electron chi connectivity index (χ0n) is 10.6. The van der Waals surface area contributed by atoms with Crippen molar-refractivity contribution in [3.8, 4) is 0 Å². The Hall–Kier alpha value is -0.390. The van der Waals surface area contributed by atoms with Gasteiger partial charge in [0.05, 0.1) is 0 Å². The van der Waals surface area contributed by atoms with E-state index >= 15 is 0 Å². The van der Waals surface area contributed by atoms with E-state index in [9.17, 15) is 0 Å². The van der Waals surface area contributed by atoms with Crippen LogP contribution < -0.4 is 0 Å². The number of nitrogens with one attached hydrogen (secondary N) is 1. The first-order valence-corrected chi connectivity index (χ1v) is 8.07. The van der Waals surface area contributed by atoms with E-state index in [1.54, 1.807) is 7.11 Å². The highest BCUT2D eigenvalue weighted by Gasteiger charge is 2.37. The van der Waals surface area contributed by atoms with E-state index in [4.69, 9.17) is 17.0 Å². The van der Waals surface area contributed by atoms with Crippen LogP contribution in [0.1, 0.15) is 49.2 Å². The standard InChI is InChI=1S/C13H18N2OS2/c1-16-13(5-3-2-4-6-13)12-14-10-8-18-7-9(10)11(17)15-12/h2-8H2,1H3,(H,14,15,17). The summed E-state index contributed by atoms with van der Waals surface area (Å²) < 4.78 is 6.60. The molecule has 0 unspecified atom stereocenters. The molecule has 98 valence electrons. The predicted octanol–water partition coefficient (Wildman–Crippen LogP) is 3.69. The first kappa shape index (κ1) is 12.6. The molecule has 1 saturated carbocycles. The average Bonchev–Trinajstić information content (AvgIpc) is 2.88. The second kappa shape index (κ2) is 4.94. The van der Waals surface area contributed by atoms with Crippen molar-refractivity contribution in [2.45, 2.75) is 49.2 Å². The number of thioether (sulfide) groups is 1. The number of H-pyrrole nitrogens is 1. The number of hydrogen-bond acceptors (Lipinski definition) is 4. The molecule has 0 atom stereocenters.